The van der Waals surface area contributed by atoms with Gasteiger partial charge in [0.05, 0.1) is 0 Å². The van der Waals surface area contributed by atoms with E-state index in [4.69, 9.17) is 0 Å². The summed E-state index contributed by atoms with van der Waals surface area (Å²) in [6.07, 6.45) is 2.89. The van der Waals surface area contributed by atoms with Gasteiger partial charge in [0, 0.05) is 0 Å². The lowest BCUT2D eigenvalue weighted by Gasteiger charge is -2.12. The Kier molecular flexibility index (Phi) is 5.36. The van der Waals surface area contributed by atoms with E-state index in [9.17, 15) is 8.22 Å². The Bertz CT molecular complexity index is 120. The van der Waals surface area contributed by atoms with Gasteiger partial charge in [0.2, 0.25) is 16.8 Å². The van der Waals surface area contributed by atoms with Crippen molar-refractivity contribution in [3.63, 3.8) is 0 Å². The summed E-state index contributed by atoms with van der Waals surface area (Å²) in [6.45, 7) is 6.95. The second-order valence-corrected chi connectivity index (χ2v) is 12.9. The van der Waals surface area contributed by atoms with Crippen LogP contribution in [-0.2, 0) is 0 Å². The third-order valence-electron chi connectivity index (χ3n) is 2.04. The minimum atomic E-state index is -2.34. The molecule has 0 unspecified atom stereocenters. The standard InChI is InChI=1S/C9H22F2Si2/c1-12(2,10)8-6-5-7-9-13(3,4)11/h5-9H2,1-4H3. The molecule has 0 radical (unpaired) electrons. The molecule has 0 N–H and O–H groups in total. The Morgan fingerprint density at radius 1 is 0.692 bits per heavy atom. The molecule has 0 heterocycles. The summed E-state index contributed by atoms with van der Waals surface area (Å²) < 4.78 is 26.2. The maximum Gasteiger partial charge on any atom is 0.240 e. The maximum absolute atomic E-state index is 13.1. The van der Waals surface area contributed by atoms with Crippen molar-refractivity contribution in [2.24, 2.45) is 0 Å². The van der Waals surface area contributed by atoms with Gasteiger partial charge in [-0.2, -0.15) is 0 Å². The zero-order valence-corrected chi connectivity index (χ0v) is 11.3. The first-order chi connectivity index (χ1) is 5.71. The Morgan fingerprint density at radius 2 is 1.00 bits per heavy atom. The highest BCUT2D eigenvalue weighted by atomic mass is 28.4. The first-order valence-electron chi connectivity index (χ1n) is 5.09. The van der Waals surface area contributed by atoms with E-state index >= 15 is 0 Å². The van der Waals surface area contributed by atoms with Crippen molar-refractivity contribution in [3.05, 3.63) is 0 Å². The summed E-state index contributed by atoms with van der Waals surface area (Å²) in [5.41, 5.74) is 0. The zero-order chi connectivity index (χ0) is 10.5. The third kappa shape index (κ3) is 12.3. The molecule has 0 nitrogen and oxygen atoms in total. The fraction of sp³-hybridized carbons (Fsp3) is 1.00. The van der Waals surface area contributed by atoms with E-state index in [0.29, 0.717) is 0 Å². The van der Waals surface area contributed by atoms with Crippen LogP contribution in [0.5, 0.6) is 0 Å². The van der Waals surface area contributed by atoms with E-state index in [-0.39, 0.29) is 0 Å². The molecule has 0 bridgehead atoms. The average molecular weight is 224 g/mol. The van der Waals surface area contributed by atoms with E-state index in [2.05, 4.69) is 0 Å². The Hall–Kier alpha value is 0.294. The van der Waals surface area contributed by atoms with E-state index < -0.39 is 16.8 Å². The average Bonchev–Trinajstić information content (AvgIpc) is 1.81. The molecule has 0 aromatic carbocycles. The van der Waals surface area contributed by atoms with Crippen LogP contribution in [-0.4, -0.2) is 16.8 Å². The van der Waals surface area contributed by atoms with Gasteiger partial charge in [0.15, 0.2) is 0 Å². The molecule has 0 aliphatic heterocycles. The molecule has 80 valence electrons. The molecular formula is C9H22F2Si2. The van der Waals surface area contributed by atoms with Gasteiger partial charge in [-0.05, 0) is 38.3 Å². The van der Waals surface area contributed by atoms with Crippen molar-refractivity contribution in [2.45, 2.75) is 57.5 Å². The molecule has 13 heavy (non-hydrogen) atoms. The highest BCUT2D eigenvalue weighted by Gasteiger charge is 2.21. The molecule has 0 rings (SSSR count). The van der Waals surface area contributed by atoms with Crippen molar-refractivity contribution in [3.8, 4) is 0 Å². The monoisotopic (exact) mass is 224 g/mol. The van der Waals surface area contributed by atoms with Gasteiger partial charge in [-0.3, -0.25) is 0 Å². The molecule has 0 fully saturated rings. The molecule has 0 saturated carbocycles. The highest BCUT2D eigenvalue weighted by Crippen LogP contribution is 2.19. The van der Waals surface area contributed by atoms with Crippen LogP contribution in [0.4, 0.5) is 8.22 Å². The molecule has 4 heteroatoms. The molecule has 0 aliphatic rings. The summed E-state index contributed by atoms with van der Waals surface area (Å²) in [5, 5.41) is 0. The maximum atomic E-state index is 13.1. The van der Waals surface area contributed by atoms with Gasteiger partial charge in [-0.15, -0.1) is 0 Å². The Morgan fingerprint density at radius 3 is 1.23 bits per heavy atom. The van der Waals surface area contributed by atoms with Crippen molar-refractivity contribution < 1.29 is 8.22 Å². The molecule has 0 atom stereocenters. The van der Waals surface area contributed by atoms with E-state index in [1.807, 2.05) is 0 Å². The highest BCUT2D eigenvalue weighted by molar-refractivity contribution is 6.70. The van der Waals surface area contributed by atoms with E-state index in [1.54, 1.807) is 26.2 Å². The summed E-state index contributed by atoms with van der Waals surface area (Å²) in [5.74, 6) is 0. The van der Waals surface area contributed by atoms with Crippen LogP contribution >= 0.6 is 0 Å². The lowest BCUT2D eigenvalue weighted by atomic mass is 10.3. The molecule has 0 amide bonds. The minimum Gasteiger partial charge on any atom is -0.314 e. The van der Waals surface area contributed by atoms with Crippen LogP contribution in [0.2, 0.25) is 38.3 Å². The number of halogens is 2. The molecule has 0 aromatic rings. The molecule has 0 aromatic heterocycles. The number of hydrogen-bond donors (Lipinski definition) is 0. The molecule has 0 aliphatic carbocycles. The van der Waals surface area contributed by atoms with Gasteiger partial charge in [-0.25, -0.2) is 0 Å². The molecule has 0 saturated heterocycles. The van der Waals surface area contributed by atoms with Gasteiger partial charge >= 0.3 is 0 Å². The largest absolute Gasteiger partial charge is 0.314 e. The number of hydrogen-bond acceptors (Lipinski definition) is 0. The number of unbranched alkanes of at least 4 members (excludes halogenated alkanes) is 2. The predicted octanol–water partition coefficient (Wildman–Crippen LogP) is 4.51. The lowest BCUT2D eigenvalue weighted by Crippen LogP contribution is -2.18. The van der Waals surface area contributed by atoms with Gasteiger partial charge in [-0.1, -0.05) is 19.3 Å². The van der Waals surface area contributed by atoms with Crippen LogP contribution in [0.15, 0.2) is 0 Å². The fourth-order valence-corrected chi connectivity index (χ4v) is 3.45. The van der Waals surface area contributed by atoms with E-state index in [1.165, 1.54) is 0 Å². The van der Waals surface area contributed by atoms with Crippen LogP contribution in [0, 0.1) is 0 Å². The topological polar surface area (TPSA) is 0 Å². The summed E-state index contributed by atoms with van der Waals surface area (Å²) in [7, 11) is -4.67. The quantitative estimate of drug-likeness (QED) is 0.354. The summed E-state index contributed by atoms with van der Waals surface area (Å²) in [6, 6.07) is 1.47. The fourth-order valence-electron chi connectivity index (χ4n) is 1.27. The van der Waals surface area contributed by atoms with E-state index in [0.717, 1.165) is 31.4 Å². The third-order valence-corrected chi connectivity index (χ3v) is 5.13. The number of rotatable bonds is 6. The molecular weight excluding hydrogens is 202 g/mol. The van der Waals surface area contributed by atoms with Crippen LogP contribution in [0.3, 0.4) is 0 Å². The van der Waals surface area contributed by atoms with Crippen LogP contribution in [0.1, 0.15) is 19.3 Å². The second-order valence-electron chi connectivity index (χ2n) is 5.00. The van der Waals surface area contributed by atoms with Gasteiger partial charge in [0.1, 0.15) is 0 Å². The molecule has 0 spiro atoms. The lowest BCUT2D eigenvalue weighted by molar-refractivity contribution is 0.691. The van der Waals surface area contributed by atoms with Gasteiger partial charge < -0.3 is 8.22 Å². The van der Waals surface area contributed by atoms with Crippen molar-refractivity contribution in [2.75, 3.05) is 0 Å². The SMILES string of the molecule is C[Si](C)(F)CCCCC[Si](C)(C)F. The van der Waals surface area contributed by atoms with Crippen molar-refractivity contribution >= 4 is 16.8 Å². The summed E-state index contributed by atoms with van der Waals surface area (Å²) in [4.78, 5) is 0. The van der Waals surface area contributed by atoms with Crippen molar-refractivity contribution in [1.82, 2.24) is 0 Å². The van der Waals surface area contributed by atoms with Gasteiger partial charge in [0.25, 0.3) is 0 Å². The normalized spacial score (nSPS) is 13.4. The Balaban J connectivity index is 3.28. The predicted molar refractivity (Wildman–Crippen MR) is 60.6 cm³/mol. The van der Waals surface area contributed by atoms with Crippen molar-refractivity contribution in [1.29, 1.82) is 0 Å². The summed E-state index contributed by atoms with van der Waals surface area (Å²) >= 11 is 0. The Labute approximate surface area is 83.1 Å². The zero-order valence-electron chi connectivity index (χ0n) is 9.29. The minimum absolute atomic E-state index is 0.737. The second kappa shape index (κ2) is 5.24. The van der Waals surface area contributed by atoms with Crippen LogP contribution in [0.25, 0.3) is 0 Å². The first-order valence-corrected chi connectivity index (χ1v) is 11.3. The van der Waals surface area contributed by atoms with Crippen LogP contribution < -0.4 is 0 Å². The smallest absolute Gasteiger partial charge is 0.240 e. The first kappa shape index (κ1) is 13.3.